The van der Waals surface area contributed by atoms with Gasteiger partial charge in [-0.05, 0) is 77.3 Å². The van der Waals surface area contributed by atoms with Gasteiger partial charge >= 0.3 is 0 Å². The minimum Gasteiger partial charge on any atom is -0.361 e. The van der Waals surface area contributed by atoms with Crippen LogP contribution in [0.25, 0.3) is 0 Å². The molecule has 0 radical (unpaired) electrons. The minimum atomic E-state index is 0.123. The molecule has 2 aromatic rings. The molecule has 0 amide bonds. The topological polar surface area (TPSA) is 65.7 Å². The van der Waals surface area contributed by atoms with Crippen LogP contribution in [0.1, 0.15) is 107 Å². The van der Waals surface area contributed by atoms with Gasteiger partial charge in [0.1, 0.15) is 0 Å². The van der Waals surface area contributed by atoms with E-state index in [1.54, 1.807) is 13.8 Å². The van der Waals surface area contributed by atoms with E-state index in [2.05, 4.69) is 23.8 Å². The zero-order valence-corrected chi connectivity index (χ0v) is 17.4. The fourth-order valence-electron chi connectivity index (χ4n) is 4.38. The number of rotatable bonds is 7. The average Bonchev–Trinajstić information content (AvgIpc) is 3.00. The number of ketones is 2. The quantitative estimate of drug-likeness (QED) is 0.628. The number of nitrogens with one attached hydrogen (secondary N) is 2. The lowest BCUT2D eigenvalue weighted by Gasteiger charge is -2.16. The zero-order chi connectivity index (χ0) is 19.8. The summed E-state index contributed by atoms with van der Waals surface area (Å²) >= 11 is 0. The van der Waals surface area contributed by atoms with E-state index in [1.165, 1.54) is 11.4 Å². The van der Waals surface area contributed by atoms with Gasteiger partial charge in [-0.3, -0.25) is 9.59 Å². The highest BCUT2D eigenvalue weighted by Gasteiger charge is 2.22. The van der Waals surface area contributed by atoms with E-state index in [4.69, 9.17) is 0 Å². The summed E-state index contributed by atoms with van der Waals surface area (Å²) in [5, 5.41) is 0. The number of H-pyrrole nitrogens is 2. The molecule has 2 atom stereocenters. The SMILES string of the molecule is CC(=O)c1c(C)[nH]c(C(C)CCC(C)c2[nH]c(C)c(C(C)=O)c2C)c1C. The van der Waals surface area contributed by atoms with Crippen LogP contribution in [-0.2, 0) is 0 Å². The lowest BCUT2D eigenvalue weighted by atomic mass is 9.90. The Morgan fingerprint density at radius 1 is 0.731 bits per heavy atom. The fourth-order valence-corrected chi connectivity index (χ4v) is 4.38. The van der Waals surface area contributed by atoms with Crippen molar-refractivity contribution in [1.29, 1.82) is 0 Å². The van der Waals surface area contributed by atoms with Crippen molar-refractivity contribution >= 4 is 11.6 Å². The Bertz CT molecular complexity index is 769. The first-order chi connectivity index (χ1) is 12.1. The Morgan fingerprint density at radius 3 is 1.27 bits per heavy atom. The summed E-state index contributed by atoms with van der Waals surface area (Å²) in [4.78, 5) is 30.5. The van der Waals surface area contributed by atoms with E-state index >= 15 is 0 Å². The van der Waals surface area contributed by atoms with E-state index in [-0.39, 0.29) is 11.6 Å². The second-order valence-electron chi connectivity index (χ2n) is 7.82. The Kier molecular flexibility index (Phi) is 5.94. The van der Waals surface area contributed by atoms with Crippen molar-refractivity contribution in [2.75, 3.05) is 0 Å². The lowest BCUT2D eigenvalue weighted by molar-refractivity contribution is 0.100. The van der Waals surface area contributed by atoms with Gasteiger partial charge < -0.3 is 9.97 Å². The summed E-state index contributed by atoms with van der Waals surface area (Å²) < 4.78 is 0. The molecule has 0 saturated carbocycles. The molecule has 2 N–H and O–H groups in total. The normalized spacial score (nSPS) is 13.7. The first kappa shape index (κ1) is 20.2. The highest BCUT2D eigenvalue weighted by Crippen LogP contribution is 2.33. The third-order valence-corrected chi connectivity index (χ3v) is 5.67. The molecule has 0 spiro atoms. The molecule has 0 saturated heterocycles. The highest BCUT2D eigenvalue weighted by molar-refractivity contribution is 5.97. The third kappa shape index (κ3) is 3.69. The van der Waals surface area contributed by atoms with Crippen molar-refractivity contribution < 1.29 is 9.59 Å². The van der Waals surface area contributed by atoms with Gasteiger partial charge in [0.25, 0.3) is 0 Å². The molecule has 2 unspecified atom stereocenters. The molecule has 0 aliphatic carbocycles. The molecule has 2 rings (SSSR count). The molecule has 0 bridgehead atoms. The number of Topliss-reactive ketones (excluding diaryl/α,β-unsaturated/α-hetero) is 2. The summed E-state index contributed by atoms with van der Waals surface area (Å²) in [5.41, 5.74) is 8.11. The van der Waals surface area contributed by atoms with Crippen LogP contribution in [0.15, 0.2) is 0 Å². The Balaban J connectivity index is 2.14. The molecule has 2 aromatic heterocycles. The summed E-state index contributed by atoms with van der Waals surface area (Å²) in [6.07, 6.45) is 2.04. The van der Waals surface area contributed by atoms with E-state index in [9.17, 15) is 9.59 Å². The first-order valence-electron chi connectivity index (χ1n) is 9.46. The van der Waals surface area contributed by atoms with Crippen LogP contribution < -0.4 is 0 Å². The maximum absolute atomic E-state index is 11.8. The highest BCUT2D eigenvalue weighted by atomic mass is 16.1. The van der Waals surface area contributed by atoms with Crippen molar-refractivity contribution in [3.63, 3.8) is 0 Å². The van der Waals surface area contributed by atoms with Crippen molar-refractivity contribution in [3.8, 4) is 0 Å². The number of aromatic amines is 2. The predicted octanol–water partition coefficient (Wildman–Crippen LogP) is 5.67. The number of carbonyl (C=O) groups excluding carboxylic acids is 2. The van der Waals surface area contributed by atoms with Crippen LogP contribution in [0.4, 0.5) is 0 Å². The van der Waals surface area contributed by atoms with Gasteiger partial charge in [0.15, 0.2) is 11.6 Å². The summed E-state index contributed by atoms with van der Waals surface area (Å²) in [6, 6.07) is 0. The zero-order valence-electron chi connectivity index (χ0n) is 17.4. The van der Waals surface area contributed by atoms with Crippen molar-refractivity contribution in [2.24, 2.45) is 0 Å². The monoisotopic (exact) mass is 356 g/mol. The van der Waals surface area contributed by atoms with E-state index in [0.29, 0.717) is 11.8 Å². The molecule has 0 aromatic carbocycles. The van der Waals surface area contributed by atoms with Crippen LogP contribution in [0.2, 0.25) is 0 Å². The van der Waals surface area contributed by atoms with E-state index in [1.807, 2.05) is 27.7 Å². The van der Waals surface area contributed by atoms with Gasteiger partial charge in [0.2, 0.25) is 0 Å². The number of aromatic nitrogens is 2. The van der Waals surface area contributed by atoms with Crippen molar-refractivity contribution in [3.05, 3.63) is 45.0 Å². The van der Waals surface area contributed by atoms with Crippen LogP contribution in [-0.4, -0.2) is 21.5 Å². The average molecular weight is 357 g/mol. The molecule has 4 nitrogen and oxygen atoms in total. The number of carbonyl (C=O) groups is 2. The van der Waals surface area contributed by atoms with Crippen molar-refractivity contribution in [1.82, 2.24) is 9.97 Å². The lowest BCUT2D eigenvalue weighted by Crippen LogP contribution is -2.03. The van der Waals surface area contributed by atoms with Gasteiger partial charge in [0, 0.05) is 33.9 Å². The molecular formula is C22H32N2O2. The second kappa shape index (κ2) is 7.65. The van der Waals surface area contributed by atoms with Crippen LogP contribution in [0.3, 0.4) is 0 Å². The van der Waals surface area contributed by atoms with Crippen LogP contribution in [0.5, 0.6) is 0 Å². The molecule has 4 heteroatoms. The summed E-state index contributed by atoms with van der Waals surface area (Å²) in [7, 11) is 0. The van der Waals surface area contributed by atoms with Gasteiger partial charge in [-0.15, -0.1) is 0 Å². The number of hydrogen-bond donors (Lipinski definition) is 2. The molecule has 2 heterocycles. The molecular weight excluding hydrogens is 324 g/mol. The molecule has 0 aliphatic rings. The Labute approximate surface area is 156 Å². The van der Waals surface area contributed by atoms with Crippen LogP contribution >= 0.6 is 0 Å². The van der Waals surface area contributed by atoms with E-state index < -0.39 is 0 Å². The molecule has 26 heavy (non-hydrogen) atoms. The standard InChI is InChI=1S/C22H32N2O2/c1-11(21-13(3)19(17(7)25)15(5)23-21)9-10-12(2)22-14(4)20(18(8)26)16(6)24-22/h11-12,23-24H,9-10H2,1-8H3. The maximum Gasteiger partial charge on any atom is 0.161 e. The largest absolute Gasteiger partial charge is 0.361 e. The molecule has 0 fully saturated rings. The Hall–Kier alpha value is -2.10. The van der Waals surface area contributed by atoms with Crippen LogP contribution in [0, 0.1) is 27.7 Å². The maximum atomic E-state index is 11.8. The van der Waals surface area contributed by atoms with Gasteiger partial charge in [0.05, 0.1) is 0 Å². The minimum absolute atomic E-state index is 0.123. The third-order valence-electron chi connectivity index (χ3n) is 5.67. The van der Waals surface area contributed by atoms with Gasteiger partial charge in [-0.25, -0.2) is 0 Å². The first-order valence-corrected chi connectivity index (χ1v) is 9.46. The fraction of sp³-hybridized carbons (Fsp3) is 0.545. The second-order valence-corrected chi connectivity index (χ2v) is 7.82. The Morgan fingerprint density at radius 2 is 1.04 bits per heavy atom. The van der Waals surface area contributed by atoms with Crippen molar-refractivity contribution in [2.45, 2.75) is 80.1 Å². The van der Waals surface area contributed by atoms with Gasteiger partial charge in [-0.2, -0.15) is 0 Å². The smallest absolute Gasteiger partial charge is 0.161 e. The summed E-state index contributed by atoms with van der Waals surface area (Å²) in [5.74, 6) is 0.954. The number of aryl methyl sites for hydroxylation is 2. The van der Waals surface area contributed by atoms with E-state index in [0.717, 1.165) is 46.5 Å². The molecule has 142 valence electrons. The summed E-state index contributed by atoms with van der Waals surface area (Å²) in [6.45, 7) is 15.7. The number of hydrogen-bond acceptors (Lipinski definition) is 2. The predicted molar refractivity (Wildman–Crippen MR) is 107 cm³/mol. The van der Waals surface area contributed by atoms with Gasteiger partial charge in [-0.1, -0.05) is 13.8 Å². The molecule has 0 aliphatic heterocycles.